The van der Waals surface area contributed by atoms with Gasteiger partial charge in [0.1, 0.15) is 6.61 Å². The van der Waals surface area contributed by atoms with Crippen molar-refractivity contribution in [2.45, 2.75) is 18.9 Å². The van der Waals surface area contributed by atoms with Crippen molar-refractivity contribution in [2.24, 2.45) is 0 Å². The van der Waals surface area contributed by atoms with Crippen LogP contribution in [0, 0.1) is 0 Å². The van der Waals surface area contributed by atoms with Gasteiger partial charge in [-0.3, -0.25) is 9.78 Å². The van der Waals surface area contributed by atoms with Crippen LogP contribution in [0.25, 0.3) is 16.5 Å². The number of hydrogen-bond acceptors (Lipinski definition) is 5. The maximum Gasteiger partial charge on any atom is 0.330 e. The molecular weight excluding hydrogens is 404 g/mol. The van der Waals surface area contributed by atoms with Crippen LogP contribution >= 0.6 is 0 Å². The first-order valence-corrected chi connectivity index (χ1v) is 10.5. The molecule has 6 heteroatoms. The molecule has 2 aromatic carbocycles. The summed E-state index contributed by atoms with van der Waals surface area (Å²) in [6, 6.07) is 16.5. The van der Waals surface area contributed by atoms with Crippen molar-refractivity contribution < 1.29 is 19.1 Å². The number of para-hydroxylation sites is 1. The highest BCUT2D eigenvalue weighted by atomic mass is 16.6. The van der Waals surface area contributed by atoms with Gasteiger partial charge >= 0.3 is 5.97 Å². The summed E-state index contributed by atoms with van der Waals surface area (Å²) in [5.74, 6) is -0.750. The number of nitrogens with zero attached hydrogens (tertiary/aromatic N) is 1. The van der Waals surface area contributed by atoms with E-state index in [4.69, 9.17) is 9.47 Å². The fourth-order valence-corrected chi connectivity index (χ4v) is 3.61. The number of esters is 1. The molecular formula is C26H24N2O4. The Morgan fingerprint density at radius 2 is 1.91 bits per heavy atom. The summed E-state index contributed by atoms with van der Waals surface area (Å²) >= 11 is 0. The second-order valence-corrected chi connectivity index (χ2v) is 7.50. The van der Waals surface area contributed by atoms with Crippen molar-refractivity contribution in [3.05, 3.63) is 90.7 Å². The van der Waals surface area contributed by atoms with Gasteiger partial charge in [0.15, 0.2) is 0 Å². The molecule has 162 valence electrons. The fourth-order valence-electron chi connectivity index (χ4n) is 3.61. The number of hydrogen-bond donors (Lipinski definition) is 1. The number of carbonyl (C=O) groups is 2. The summed E-state index contributed by atoms with van der Waals surface area (Å²) in [5, 5.41) is 3.88. The molecule has 32 heavy (non-hydrogen) atoms. The van der Waals surface area contributed by atoms with Gasteiger partial charge in [0, 0.05) is 29.8 Å². The summed E-state index contributed by atoms with van der Waals surface area (Å²) in [7, 11) is 0. The second-order valence-electron chi connectivity index (χ2n) is 7.50. The van der Waals surface area contributed by atoms with Crippen LogP contribution in [-0.4, -0.2) is 36.2 Å². The van der Waals surface area contributed by atoms with Crippen LogP contribution in [-0.2, 0) is 14.3 Å². The number of carbonyl (C=O) groups excluding carboxylic acids is 2. The molecule has 0 saturated carbocycles. The molecule has 3 aromatic rings. The molecule has 1 fully saturated rings. The Morgan fingerprint density at radius 1 is 1.09 bits per heavy atom. The Balaban J connectivity index is 1.46. The molecule has 1 atom stereocenters. The number of anilines is 1. The zero-order valence-corrected chi connectivity index (χ0v) is 17.6. The summed E-state index contributed by atoms with van der Waals surface area (Å²) in [6.45, 7) is 4.98. The fraction of sp³-hybridized carbons (Fsp3) is 0.192. The van der Waals surface area contributed by atoms with E-state index in [1.165, 1.54) is 6.08 Å². The Bertz CT molecular complexity index is 1170. The van der Waals surface area contributed by atoms with Crippen LogP contribution < -0.4 is 5.32 Å². The normalized spacial score (nSPS) is 15.7. The first kappa shape index (κ1) is 21.5. The van der Waals surface area contributed by atoms with Crippen molar-refractivity contribution in [3.8, 4) is 0 Å². The van der Waals surface area contributed by atoms with Gasteiger partial charge in [-0.25, -0.2) is 4.79 Å². The zero-order valence-electron chi connectivity index (χ0n) is 17.6. The molecule has 1 N–H and O–H groups in total. The van der Waals surface area contributed by atoms with Crippen molar-refractivity contribution in [1.29, 1.82) is 0 Å². The molecule has 2 heterocycles. The molecule has 0 spiro atoms. The third kappa shape index (κ3) is 5.10. The van der Waals surface area contributed by atoms with Crippen LogP contribution in [0.3, 0.4) is 0 Å². The minimum atomic E-state index is -0.467. The van der Waals surface area contributed by atoms with Crippen molar-refractivity contribution >= 4 is 34.0 Å². The van der Waals surface area contributed by atoms with Crippen molar-refractivity contribution in [1.82, 2.24) is 4.98 Å². The number of rotatable bonds is 7. The number of aromatic nitrogens is 1. The van der Waals surface area contributed by atoms with Gasteiger partial charge in [0.25, 0.3) is 5.91 Å². The molecule has 1 aliphatic rings. The average Bonchev–Trinajstić information content (AvgIpc) is 3.35. The molecule has 1 aliphatic heterocycles. The lowest BCUT2D eigenvalue weighted by atomic mass is 9.99. The van der Waals surface area contributed by atoms with E-state index in [-0.39, 0.29) is 18.6 Å². The first-order chi connectivity index (χ1) is 15.6. The highest BCUT2D eigenvalue weighted by Crippen LogP contribution is 2.24. The van der Waals surface area contributed by atoms with E-state index in [2.05, 4.69) is 16.9 Å². The Kier molecular flexibility index (Phi) is 6.72. The van der Waals surface area contributed by atoms with Gasteiger partial charge in [0.2, 0.25) is 0 Å². The van der Waals surface area contributed by atoms with Gasteiger partial charge in [0.05, 0.1) is 17.3 Å². The molecule has 6 nitrogen and oxygen atoms in total. The summed E-state index contributed by atoms with van der Waals surface area (Å²) in [6.07, 6.45) is 6.44. The third-order valence-electron chi connectivity index (χ3n) is 5.25. The lowest BCUT2D eigenvalue weighted by molar-refractivity contribution is -0.140. The Morgan fingerprint density at radius 3 is 2.72 bits per heavy atom. The van der Waals surface area contributed by atoms with Crippen LogP contribution in [0.5, 0.6) is 0 Å². The highest BCUT2D eigenvalue weighted by molar-refractivity contribution is 6.11. The number of fused-ring (bicyclic) bond motifs is 1. The van der Waals surface area contributed by atoms with E-state index in [1.54, 1.807) is 30.5 Å². The predicted molar refractivity (Wildman–Crippen MR) is 124 cm³/mol. The summed E-state index contributed by atoms with van der Waals surface area (Å²) < 4.78 is 10.7. The molecule has 1 aromatic heterocycles. The predicted octanol–water partition coefficient (Wildman–Crippen LogP) is 4.78. The zero-order chi connectivity index (χ0) is 22.3. The van der Waals surface area contributed by atoms with E-state index >= 15 is 0 Å². The van der Waals surface area contributed by atoms with E-state index in [9.17, 15) is 9.59 Å². The van der Waals surface area contributed by atoms with E-state index in [1.807, 2.05) is 36.4 Å². The number of benzene rings is 2. The molecule has 0 bridgehead atoms. The molecule has 4 rings (SSSR count). The number of ether oxygens (including phenoxy) is 2. The topological polar surface area (TPSA) is 77.5 Å². The number of allylic oxidation sites excluding steroid dienone is 2. The summed E-state index contributed by atoms with van der Waals surface area (Å²) in [5.41, 5.74) is 2.94. The number of nitrogens with one attached hydrogen (secondary N) is 1. The molecule has 1 amide bonds. The maximum atomic E-state index is 13.1. The van der Waals surface area contributed by atoms with Crippen LogP contribution in [0.4, 0.5) is 5.69 Å². The standard InChI is InChI=1S/C26H24N2O4/c1-18(13-14-24(29)32-17-20-9-6-16-31-20)21-10-2-3-11-22(21)26(30)28-23-12-4-7-19-8-5-15-27-25(19)23/h2-5,7-8,10-15,20H,1,6,9,16-17H2,(H,28,30)/b14-13+. The SMILES string of the molecule is C=C(/C=C/C(=O)OCC1CCCO1)c1ccccc1C(=O)Nc1cccc2cccnc12. The van der Waals surface area contributed by atoms with Crippen molar-refractivity contribution in [2.75, 3.05) is 18.5 Å². The minimum absolute atomic E-state index is 0.0245. The quantitative estimate of drug-likeness (QED) is 0.333. The van der Waals surface area contributed by atoms with Gasteiger partial charge in [-0.15, -0.1) is 0 Å². The first-order valence-electron chi connectivity index (χ1n) is 10.5. The van der Waals surface area contributed by atoms with Crippen LogP contribution in [0.15, 0.2) is 79.5 Å². The lowest BCUT2D eigenvalue weighted by Gasteiger charge is -2.12. The number of pyridine rings is 1. The largest absolute Gasteiger partial charge is 0.460 e. The maximum absolute atomic E-state index is 13.1. The Labute approximate surface area is 186 Å². The molecule has 1 unspecified atom stereocenters. The molecule has 0 radical (unpaired) electrons. The van der Waals surface area contributed by atoms with Crippen LogP contribution in [0.1, 0.15) is 28.8 Å². The minimum Gasteiger partial charge on any atom is -0.460 e. The smallest absolute Gasteiger partial charge is 0.330 e. The molecule has 0 aliphatic carbocycles. The van der Waals surface area contributed by atoms with E-state index in [0.29, 0.717) is 34.5 Å². The second kappa shape index (κ2) is 10.0. The van der Waals surface area contributed by atoms with Crippen LogP contribution in [0.2, 0.25) is 0 Å². The van der Waals surface area contributed by atoms with E-state index < -0.39 is 5.97 Å². The number of amides is 1. The summed E-state index contributed by atoms with van der Waals surface area (Å²) in [4.78, 5) is 29.5. The monoisotopic (exact) mass is 428 g/mol. The highest BCUT2D eigenvalue weighted by Gasteiger charge is 2.17. The Hall–Kier alpha value is -3.77. The van der Waals surface area contributed by atoms with Gasteiger partial charge in [-0.05, 0) is 48.3 Å². The third-order valence-corrected chi connectivity index (χ3v) is 5.25. The lowest BCUT2D eigenvalue weighted by Crippen LogP contribution is -2.16. The van der Waals surface area contributed by atoms with E-state index in [0.717, 1.165) is 18.2 Å². The molecule has 1 saturated heterocycles. The van der Waals surface area contributed by atoms with Gasteiger partial charge < -0.3 is 14.8 Å². The van der Waals surface area contributed by atoms with Gasteiger partial charge in [-0.1, -0.05) is 43.0 Å². The van der Waals surface area contributed by atoms with Crippen molar-refractivity contribution in [3.63, 3.8) is 0 Å². The average molecular weight is 428 g/mol. The van der Waals surface area contributed by atoms with Gasteiger partial charge in [-0.2, -0.15) is 0 Å².